The summed E-state index contributed by atoms with van der Waals surface area (Å²) in [5.74, 6) is -0.414. The molecule has 0 bridgehead atoms. The summed E-state index contributed by atoms with van der Waals surface area (Å²) in [5, 5.41) is 0. The van der Waals surface area contributed by atoms with Crippen molar-refractivity contribution in [3.63, 3.8) is 0 Å². The van der Waals surface area contributed by atoms with Gasteiger partial charge < -0.3 is 5.73 Å². The van der Waals surface area contributed by atoms with Gasteiger partial charge in [0.15, 0.2) is 0 Å². The van der Waals surface area contributed by atoms with Crippen LogP contribution in [-0.2, 0) is 6.42 Å². The quantitative estimate of drug-likeness (QED) is 0.780. The van der Waals surface area contributed by atoms with Gasteiger partial charge in [-0.25, -0.2) is 4.39 Å². The molecule has 1 aromatic rings. The molecule has 0 saturated carbocycles. The molecule has 1 nitrogen and oxygen atoms in total. The van der Waals surface area contributed by atoms with Gasteiger partial charge in [-0.2, -0.15) is 13.2 Å². The topological polar surface area (TPSA) is 26.0 Å². The van der Waals surface area contributed by atoms with Crippen LogP contribution in [0, 0.1) is 5.82 Å². The number of alkyl halides is 3. The van der Waals surface area contributed by atoms with Gasteiger partial charge in [-0.05, 0) is 24.1 Å². The minimum absolute atomic E-state index is 0.0970. The van der Waals surface area contributed by atoms with Crippen LogP contribution in [0.4, 0.5) is 17.6 Å². The summed E-state index contributed by atoms with van der Waals surface area (Å²) in [4.78, 5) is 0. The average Bonchev–Trinajstić information content (AvgIpc) is 2.05. The molecule has 0 radical (unpaired) electrons. The summed E-state index contributed by atoms with van der Waals surface area (Å²) in [6.07, 6.45) is -5.18. The molecule has 0 saturated heterocycles. The van der Waals surface area contributed by atoms with Crippen molar-refractivity contribution in [1.82, 2.24) is 0 Å². The zero-order valence-electron chi connectivity index (χ0n) is 7.89. The van der Waals surface area contributed by atoms with E-state index in [0.29, 0.717) is 5.56 Å². The molecule has 0 aliphatic heterocycles. The molecular formula is C10H11F4N. The van der Waals surface area contributed by atoms with Crippen molar-refractivity contribution in [3.05, 3.63) is 35.6 Å². The van der Waals surface area contributed by atoms with E-state index in [4.69, 9.17) is 5.73 Å². The van der Waals surface area contributed by atoms with E-state index in [9.17, 15) is 17.6 Å². The van der Waals surface area contributed by atoms with Crippen molar-refractivity contribution in [3.8, 4) is 0 Å². The Hall–Kier alpha value is -1.10. The zero-order chi connectivity index (χ0) is 11.5. The second-order valence-electron chi connectivity index (χ2n) is 3.41. The standard InChI is InChI=1S/C10H11F4N/c11-8-3-1-7(2-4-8)5-9(15)6-10(12,13)14/h1-4,9H,5-6,15H2. The molecule has 0 heterocycles. The van der Waals surface area contributed by atoms with Crippen LogP contribution >= 0.6 is 0 Å². The van der Waals surface area contributed by atoms with Crippen molar-refractivity contribution in [2.75, 3.05) is 0 Å². The minimum Gasteiger partial charge on any atom is -0.327 e. The monoisotopic (exact) mass is 221 g/mol. The number of hydrogen-bond acceptors (Lipinski definition) is 1. The number of rotatable bonds is 3. The first-order valence-electron chi connectivity index (χ1n) is 4.43. The summed E-state index contributed by atoms with van der Waals surface area (Å²) >= 11 is 0. The van der Waals surface area contributed by atoms with Crippen LogP contribution in [-0.4, -0.2) is 12.2 Å². The van der Waals surface area contributed by atoms with E-state index in [2.05, 4.69) is 0 Å². The van der Waals surface area contributed by atoms with Gasteiger partial charge in [0.25, 0.3) is 0 Å². The van der Waals surface area contributed by atoms with Gasteiger partial charge >= 0.3 is 6.18 Å². The molecular weight excluding hydrogens is 210 g/mol. The molecule has 15 heavy (non-hydrogen) atoms. The first-order valence-corrected chi connectivity index (χ1v) is 4.43. The van der Waals surface area contributed by atoms with Gasteiger partial charge in [0.2, 0.25) is 0 Å². The molecule has 0 aromatic heterocycles. The Balaban J connectivity index is 2.51. The van der Waals surface area contributed by atoms with Crippen LogP contribution in [0.2, 0.25) is 0 Å². The summed E-state index contributed by atoms with van der Waals surface area (Å²) in [7, 11) is 0. The van der Waals surface area contributed by atoms with E-state index in [-0.39, 0.29) is 6.42 Å². The molecule has 0 aliphatic rings. The summed E-state index contributed by atoms with van der Waals surface area (Å²) in [6.45, 7) is 0. The fourth-order valence-electron chi connectivity index (χ4n) is 1.29. The van der Waals surface area contributed by atoms with Gasteiger partial charge in [-0.3, -0.25) is 0 Å². The van der Waals surface area contributed by atoms with Gasteiger partial charge in [0.05, 0.1) is 6.42 Å². The normalized spacial score (nSPS) is 13.9. The van der Waals surface area contributed by atoms with Crippen molar-refractivity contribution in [1.29, 1.82) is 0 Å². The lowest BCUT2D eigenvalue weighted by molar-refractivity contribution is -0.138. The van der Waals surface area contributed by atoms with Crippen molar-refractivity contribution in [2.45, 2.75) is 25.1 Å². The highest BCUT2D eigenvalue weighted by Crippen LogP contribution is 2.22. The van der Waals surface area contributed by atoms with Crippen LogP contribution in [0.5, 0.6) is 0 Å². The predicted molar refractivity (Wildman–Crippen MR) is 48.8 cm³/mol. The van der Waals surface area contributed by atoms with E-state index in [0.717, 1.165) is 0 Å². The SMILES string of the molecule is NC(Cc1ccc(F)cc1)CC(F)(F)F. The van der Waals surface area contributed by atoms with Crippen LogP contribution in [0.15, 0.2) is 24.3 Å². The number of benzene rings is 1. The number of hydrogen-bond donors (Lipinski definition) is 1. The molecule has 1 unspecified atom stereocenters. The maximum absolute atomic E-state index is 12.5. The van der Waals surface area contributed by atoms with Gasteiger partial charge in [-0.15, -0.1) is 0 Å². The molecule has 0 spiro atoms. The molecule has 0 aliphatic carbocycles. The fourth-order valence-corrected chi connectivity index (χ4v) is 1.29. The smallest absolute Gasteiger partial charge is 0.327 e. The maximum atomic E-state index is 12.5. The summed E-state index contributed by atoms with van der Waals surface area (Å²) in [5.41, 5.74) is 5.92. The van der Waals surface area contributed by atoms with Crippen molar-refractivity contribution >= 4 is 0 Å². The molecule has 5 heteroatoms. The third-order valence-corrected chi connectivity index (χ3v) is 1.90. The average molecular weight is 221 g/mol. The Kier molecular flexibility index (Phi) is 3.68. The van der Waals surface area contributed by atoms with Gasteiger partial charge in [0.1, 0.15) is 5.82 Å². The molecule has 1 aromatic carbocycles. The van der Waals surface area contributed by atoms with E-state index >= 15 is 0 Å². The van der Waals surface area contributed by atoms with Gasteiger partial charge in [0, 0.05) is 6.04 Å². The lowest BCUT2D eigenvalue weighted by Gasteiger charge is -2.13. The third-order valence-electron chi connectivity index (χ3n) is 1.90. The summed E-state index contributed by atoms with van der Waals surface area (Å²) < 4.78 is 48.3. The Morgan fingerprint density at radius 3 is 2.13 bits per heavy atom. The van der Waals surface area contributed by atoms with E-state index in [1.807, 2.05) is 0 Å². The molecule has 1 atom stereocenters. The van der Waals surface area contributed by atoms with Crippen LogP contribution < -0.4 is 5.73 Å². The Morgan fingerprint density at radius 1 is 1.13 bits per heavy atom. The van der Waals surface area contributed by atoms with Crippen LogP contribution in [0.3, 0.4) is 0 Å². The van der Waals surface area contributed by atoms with Crippen molar-refractivity contribution in [2.24, 2.45) is 5.73 Å². The molecule has 2 N–H and O–H groups in total. The number of halogens is 4. The molecule has 0 fully saturated rings. The fraction of sp³-hybridized carbons (Fsp3) is 0.400. The Morgan fingerprint density at radius 2 is 1.67 bits per heavy atom. The lowest BCUT2D eigenvalue weighted by atomic mass is 10.0. The first-order chi connectivity index (χ1) is 6.87. The maximum Gasteiger partial charge on any atom is 0.390 e. The highest BCUT2D eigenvalue weighted by molar-refractivity contribution is 5.17. The zero-order valence-corrected chi connectivity index (χ0v) is 7.89. The van der Waals surface area contributed by atoms with Crippen molar-refractivity contribution < 1.29 is 17.6 Å². The van der Waals surface area contributed by atoms with E-state index in [1.165, 1.54) is 24.3 Å². The second-order valence-corrected chi connectivity index (χ2v) is 3.41. The minimum atomic E-state index is -4.25. The Labute approximate surface area is 84.9 Å². The van der Waals surface area contributed by atoms with E-state index < -0.39 is 24.5 Å². The first kappa shape index (κ1) is 12.0. The van der Waals surface area contributed by atoms with Gasteiger partial charge in [-0.1, -0.05) is 12.1 Å². The molecule has 1 rings (SSSR count). The Bertz CT molecular complexity index is 304. The highest BCUT2D eigenvalue weighted by Gasteiger charge is 2.30. The number of nitrogens with two attached hydrogens (primary N) is 1. The summed E-state index contributed by atoms with van der Waals surface area (Å²) in [6, 6.07) is 4.30. The van der Waals surface area contributed by atoms with E-state index in [1.54, 1.807) is 0 Å². The highest BCUT2D eigenvalue weighted by atomic mass is 19.4. The predicted octanol–water partition coefficient (Wildman–Crippen LogP) is 2.65. The second kappa shape index (κ2) is 4.61. The van der Waals surface area contributed by atoms with Crippen LogP contribution in [0.25, 0.3) is 0 Å². The lowest BCUT2D eigenvalue weighted by Crippen LogP contribution is -2.29. The van der Waals surface area contributed by atoms with Crippen LogP contribution in [0.1, 0.15) is 12.0 Å². The molecule has 0 amide bonds. The molecule has 84 valence electrons. The largest absolute Gasteiger partial charge is 0.390 e. The third kappa shape index (κ3) is 4.78.